The number of benzene rings is 1. The fourth-order valence-corrected chi connectivity index (χ4v) is 4.69. The maximum atomic E-state index is 11.7. The molecule has 8 heteroatoms. The van der Waals surface area contributed by atoms with Gasteiger partial charge in [0.25, 0.3) is 17.9 Å². The predicted octanol–water partition coefficient (Wildman–Crippen LogP) is 2.57. The first kappa shape index (κ1) is 20.9. The van der Waals surface area contributed by atoms with E-state index >= 15 is 0 Å². The zero-order chi connectivity index (χ0) is 19.0. The van der Waals surface area contributed by atoms with Gasteiger partial charge in [-0.3, -0.25) is 14.4 Å². The Hall–Kier alpha value is -2.19. The first-order valence-electron chi connectivity index (χ1n) is 7.91. The molecule has 0 aliphatic carbocycles. The van der Waals surface area contributed by atoms with E-state index in [4.69, 9.17) is 18.0 Å². The van der Waals surface area contributed by atoms with Crippen molar-refractivity contribution in [2.75, 3.05) is 6.61 Å². The van der Waals surface area contributed by atoms with E-state index in [1.54, 1.807) is 30.3 Å². The molecule has 0 aliphatic rings. The molecule has 138 valence electrons. The van der Waals surface area contributed by atoms with Gasteiger partial charge in [0.2, 0.25) is 0 Å². The Labute approximate surface area is 148 Å². The highest BCUT2D eigenvalue weighted by molar-refractivity contribution is 6.66. The summed E-state index contributed by atoms with van der Waals surface area (Å²) in [6.07, 6.45) is 0. The molecule has 1 rings (SSSR count). The first-order valence-corrected chi connectivity index (χ1v) is 9.71. The molecule has 1 unspecified atom stereocenters. The van der Waals surface area contributed by atoms with Crippen LogP contribution in [-0.2, 0) is 32.4 Å². The SMILES string of the molecule is CC(=O)O[Si](OC(C)=O)(OC(C)=O)C(OCC(C)C)c1ccccc1. The summed E-state index contributed by atoms with van der Waals surface area (Å²) >= 11 is 0. The standard InChI is InChI=1S/C17H24O7Si/c1-12(2)11-21-17(16-9-7-6-8-10-16)25(22-13(3)18,23-14(4)19)24-15(5)20/h6-10,12,17H,11H2,1-5H3. The highest BCUT2D eigenvalue weighted by Crippen LogP contribution is 2.32. The van der Waals surface area contributed by atoms with E-state index < -0.39 is 32.4 Å². The number of carbonyl (C=O) groups is 3. The van der Waals surface area contributed by atoms with Gasteiger partial charge in [0.1, 0.15) is 0 Å². The minimum absolute atomic E-state index is 0.157. The molecule has 0 radical (unpaired) electrons. The van der Waals surface area contributed by atoms with Crippen molar-refractivity contribution in [2.45, 2.75) is 40.3 Å². The summed E-state index contributed by atoms with van der Waals surface area (Å²) in [5.74, 6) is -2.04. The zero-order valence-electron chi connectivity index (χ0n) is 15.1. The molecule has 1 aromatic carbocycles. The smallest absolute Gasteiger partial charge is 0.454 e. The second-order valence-corrected chi connectivity index (χ2v) is 8.25. The Balaban J connectivity index is 3.43. The largest absolute Gasteiger partial charge is 0.740 e. The fraction of sp³-hybridized carbons (Fsp3) is 0.471. The van der Waals surface area contributed by atoms with Crippen LogP contribution in [0.5, 0.6) is 0 Å². The van der Waals surface area contributed by atoms with Gasteiger partial charge in [-0.05, 0) is 11.5 Å². The van der Waals surface area contributed by atoms with Gasteiger partial charge in [0.15, 0.2) is 5.73 Å². The van der Waals surface area contributed by atoms with Crippen molar-refractivity contribution in [3.05, 3.63) is 35.9 Å². The van der Waals surface area contributed by atoms with Crippen molar-refractivity contribution in [1.29, 1.82) is 0 Å². The van der Waals surface area contributed by atoms with E-state index in [1.165, 1.54) is 0 Å². The van der Waals surface area contributed by atoms with E-state index in [2.05, 4.69) is 0 Å². The van der Waals surface area contributed by atoms with Crippen molar-refractivity contribution < 1.29 is 32.4 Å². The van der Waals surface area contributed by atoms with E-state index in [0.717, 1.165) is 20.8 Å². The minimum Gasteiger partial charge on any atom is -0.454 e. The second kappa shape index (κ2) is 9.33. The molecule has 7 nitrogen and oxygen atoms in total. The summed E-state index contributed by atoms with van der Waals surface area (Å²) in [5, 5.41) is 0. The van der Waals surface area contributed by atoms with Crippen LogP contribution in [-0.4, -0.2) is 33.3 Å². The van der Waals surface area contributed by atoms with Crippen molar-refractivity contribution in [3.63, 3.8) is 0 Å². The summed E-state index contributed by atoms with van der Waals surface area (Å²) < 4.78 is 21.8. The van der Waals surface area contributed by atoms with E-state index in [1.807, 2.05) is 13.8 Å². The fourth-order valence-electron chi connectivity index (χ4n) is 2.14. The van der Waals surface area contributed by atoms with Crippen molar-refractivity contribution in [2.24, 2.45) is 5.92 Å². The van der Waals surface area contributed by atoms with Crippen LogP contribution < -0.4 is 0 Å². The summed E-state index contributed by atoms with van der Waals surface area (Å²) in [7, 11) is -4.19. The average molecular weight is 368 g/mol. The maximum absolute atomic E-state index is 11.7. The third kappa shape index (κ3) is 6.67. The number of ether oxygens (including phenoxy) is 1. The molecule has 0 bridgehead atoms. The average Bonchev–Trinajstić information content (AvgIpc) is 2.45. The lowest BCUT2D eigenvalue weighted by Gasteiger charge is -2.32. The quantitative estimate of drug-likeness (QED) is 0.652. The van der Waals surface area contributed by atoms with Crippen LogP contribution in [0.4, 0.5) is 0 Å². The van der Waals surface area contributed by atoms with Crippen LogP contribution >= 0.6 is 0 Å². The van der Waals surface area contributed by atoms with Gasteiger partial charge in [-0.1, -0.05) is 44.2 Å². The molecule has 1 aromatic rings. The molecule has 25 heavy (non-hydrogen) atoms. The molecule has 0 fully saturated rings. The number of hydrogen-bond donors (Lipinski definition) is 0. The minimum atomic E-state index is -4.19. The molecule has 0 saturated carbocycles. The molecule has 0 N–H and O–H groups in total. The molecule has 0 amide bonds. The van der Waals surface area contributed by atoms with Crippen LogP contribution in [0.3, 0.4) is 0 Å². The second-order valence-electron chi connectivity index (χ2n) is 5.90. The van der Waals surface area contributed by atoms with E-state index in [9.17, 15) is 14.4 Å². The van der Waals surface area contributed by atoms with Crippen LogP contribution in [0, 0.1) is 5.92 Å². The van der Waals surface area contributed by atoms with Crippen LogP contribution in [0.15, 0.2) is 30.3 Å². The van der Waals surface area contributed by atoms with Gasteiger partial charge < -0.3 is 18.0 Å². The lowest BCUT2D eigenvalue weighted by molar-refractivity contribution is -0.151. The lowest BCUT2D eigenvalue weighted by atomic mass is 10.2. The van der Waals surface area contributed by atoms with E-state index in [-0.39, 0.29) is 12.5 Å². The zero-order valence-corrected chi connectivity index (χ0v) is 16.1. The summed E-state index contributed by atoms with van der Waals surface area (Å²) in [6.45, 7) is 7.62. The molecule has 1 atom stereocenters. The van der Waals surface area contributed by atoms with Crippen LogP contribution in [0.2, 0.25) is 0 Å². The third-order valence-corrected chi connectivity index (χ3v) is 5.74. The van der Waals surface area contributed by atoms with Crippen LogP contribution in [0.1, 0.15) is 45.9 Å². The Morgan fingerprint density at radius 2 is 1.32 bits per heavy atom. The summed E-state index contributed by atoms with van der Waals surface area (Å²) in [5.41, 5.74) is -0.425. The van der Waals surface area contributed by atoms with Crippen molar-refractivity contribution >= 4 is 26.7 Å². The van der Waals surface area contributed by atoms with Gasteiger partial charge in [-0.25, -0.2) is 0 Å². The number of rotatable bonds is 8. The molecule has 0 spiro atoms. The number of carbonyl (C=O) groups excluding carboxylic acids is 3. The van der Waals surface area contributed by atoms with Gasteiger partial charge in [0.05, 0.1) is 0 Å². The van der Waals surface area contributed by atoms with E-state index in [0.29, 0.717) is 5.56 Å². The van der Waals surface area contributed by atoms with Gasteiger partial charge in [0, 0.05) is 27.4 Å². The Morgan fingerprint density at radius 3 is 1.68 bits per heavy atom. The molecular weight excluding hydrogens is 344 g/mol. The van der Waals surface area contributed by atoms with Crippen LogP contribution in [0.25, 0.3) is 0 Å². The Kier molecular flexibility index (Phi) is 7.78. The number of hydrogen-bond acceptors (Lipinski definition) is 7. The van der Waals surface area contributed by atoms with Crippen molar-refractivity contribution in [3.8, 4) is 0 Å². The maximum Gasteiger partial charge on any atom is 0.740 e. The molecular formula is C17H24O7Si. The first-order chi connectivity index (χ1) is 11.7. The topological polar surface area (TPSA) is 88.1 Å². The lowest BCUT2D eigenvalue weighted by Crippen LogP contribution is -2.55. The Morgan fingerprint density at radius 1 is 0.880 bits per heavy atom. The highest BCUT2D eigenvalue weighted by Gasteiger charge is 2.61. The molecule has 0 aromatic heterocycles. The monoisotopic (exact) mass is 368 g/mol. The predicted molar refractivity (Wildman–Crippen MR) is 91.0 cm³/mol. The van der Waals surface area contributed by atoms with Gasteiger partial charge in [-0.2, -0.15) is 0 Å². The molecule has 0 heterocycles. The highest BCUT2D eigenvalue weighted by atomic mass is 28.4. The molecule has 0 aliphatic heterocycles. The summed E-state index contributed by atoms with van der Waals surface area (Å²) in [4.78, 5) is 35.0. The van der Waals surface area contributed by atoms with Gasteiger partial charge in [-0.15, -0.1) is 0 Å². The van der Waals surface area contributed by atoms with Crippen molar-refractivity contribution in [1.82, 2.24) is 0 Å². The normalized spacial score (nSPS) is 12.4. The third-order valence-electron chi connectivity index (χ3n) is 2.88. The molecule has 0 saturated heterocycles. The van der Waals surface area contributed by atoms with Gasteiger partial charge >= 0.3 is 8.80 Å². The Bertz CT molecular complexity index is 559. The summed E-state index contributed by atoms with van der Waals surface area (Å²) in [6, 6.07) is 8.77.